The van der Waals surface area contributed by atoms with Crippen LogP contribution in [0.25, 0.3) is 11.0 Å². The number of rotatable bonds is 0. The molecule has 2 aromatic heterocycles. The van der Waals surface area contributed by atoms with Crippen molar-refractivity contribution in [1.82, 2.24) is 15.2 Å². The number of nitrogens with zero attached hydrogens (tertiary/aromatic N) is 2. The van der Waals surface area contributed by atoms with E-state index >= 15 is 0 Å². The number of H-pyrrole nitrogens is 1. The molecule has 0 unspecified atom stereocenters. The third kappa shape index (κ3) is 0.756. The van der Waals surface area contributed by atoms with Gasteiger partial charge < -0.3 is 5.73 Å². The average molecular weight is 148 g/mol. The van der Waals surface area contributed by atoms with Gasteiger partial charge in [-0.15, -0.1) is 0 Å². The highest BCUT2D eigenvalue weighted by atomic mass is 15.1. The molecule has 56 valence electrons. The van der Waals surface area contributed by atoms with Gasteiger partial charge in [0, 0.05) is 6.20 Å². The molecule has 0 amide bonds. The van der Waals surface area contributed by atoms with E-state index in [-0.39, 0.29) is 0 Å². The molecule has 0 atom stereocenters. The first-order valence-electron chi connectivity index (χ1n) is 3.34. The molecule has 2 aromatic rings. The van der Waals surface area contributed by atoms with Crippen LogP contribution in [0, 0.1) is 6.92 Å². The van der Waals surface area contributed by atoms with Gasteiger partial charge in [-0.2, -0.15) is 5.10 Å². The number of nitrogen functional groups attached to an aromatic ring is 1. The maximum atomic E-state index is 5.66. The molecule has 0 fully saturated rings. The number of aryl methyl sites for hydroxylation is 1. The van der Waals surface area contributed by atoms with E-state index in [1.807, 2.05) is 6.92 Å². The molecule has 0 aliphatic rings. The van der Waals surface area contributed by atoms with Crippen LogP contribution in [-0.4, -0.2) is 15.2 Å². The maximum Gasteiger partial charge on any atom is 0.113 e. The molecule has 0 spiro atoms. The van der Waals surface area contributed by atoms with Gasteiger partial charge in [0.15, 0.2) is 0 Å². The molecule has 0 aromatic carbocycles. The zero-order valence-corrected chi connectivity index (χ0v) is 6.13. The van der Waals surface area contributed by atoms with Crippen LogP contribution in [0.2, 0.25) is 0 Å². The van der Waals surface area contributed by atoms with Gasteiger partial charge in [-0.1, -0.05) is 0 Å². The second-order valence-electron chi connectivity index (χ2n) is 2.43. The first kappa shape index (κ1) is 6.15. The van der Waals surface area contributed by atoms with Gasteiger partial charge in [-0.05, 0) is 13.0 Å². The maximum absolute atomic E-state index is 5.66. The molecule has 0 saturated heterocycles. The summed E-state index contributed by atoms with van der Waals surface area (Å²) in [6.45, 7) is 1.89. The molecular weight excluding hydrogens is 140 g/mol. The van der Waals surface area contributed by atoms with E-state index in [0.717, 1.165) is 16.7 Å². The Bertz CT molecular complexity index is 390. The van der Waals surface area contributed by atoms with E-state index in [2.05, 4.69) is 15.2 Å². The van der Waals surface area contributed by atoms with Crippen LogP contribution in [-0.2, 0) is 0 Å². The first-order valence-corrected chi connectivity index (χ1v) is 3.34. The number of nitrogens with one attached hydrogen (secondary N) is 1. The van der Waals surface area contributed by atoms with Gasteiger partial charge in [0.25, 0.3) is 0 Å². The summed E-state index contributed by atoms with van der Waals surface area (Å²) >= 11 is 0. The van der Waals surface area contributed by atoms with Crippen molar-refractivity contribution in [1.29, 1.82) is 0 Å². The molecule has 0 radical (unpaired) electrons. The van der Waals surface area contributed by atoms with E-state index < -0.39 is 0 Å². The van der Waals surface area contributed by atoms with Crippen molar-refractivity contribution < 1.29 is 0 Å². The molecule has 4 nitrogen and oxygen atoms in total. The molecule has 0 aliphatic carbocycles. The van der Waals surface area contributed by atoms with Crippen molar-refractivity contribution >= 4 is 16.7 Å². The van der Waals surface area contributed by atoms with Gasteiger partial charge in [-0.3, -0.25) is 10.1 Å². The van der Waals surface area contributed by atoms with Crippen molar-refractivity contribution in [3.63, 3.8) is 0 Å². The number of hydrogen-bond donors (Lipinski definition) is 2. The molecular formula is C7H8N4. The zero-order chi connectivity index (χ0) is 7.84. The number of anilines is 1. The van der Waals surface area contributed by atoms with E-state index in [9.17, 15) is 0 Å². The van der Waals surface area contributed by atoms with E-state index in [1.165, 1.54) is 0 Å². The Morgan fingerprint density at radius 1 is 1.55 bits per heavy atom. The number of aromatic nitrogens is 3. The molecule has 2 heterocycles. The highest BCUT2D eigenvalue weighted by Crippen LogP contribution is 2.17. The SMILES string of the molecule is Cc1n[nH]c2c(N)ccnc12. The predicted octanol–water partition coefficient (Wildman–Crippen LogP) is 0.849. The van der Waals surface area contributed by atoms with Crippen molar-refractivity contribution in [3.05, 3.63) is 18.0 Å². The molecule has 2 rings (SSSR count). The lowest BCUT2D eigenvalue weighted by Crippen LogP contribution is -1.86. The van der Waals surface area contributed by atoms with Gasteiger partial charge >= 0.3 is 0 Å². The lowest BCUT2D eigenvalue weighted by atomic mass is 10.3. The Balaban J connectivity index is 2.94. The third-order valence-corrected chi connectivity index (χ3v) is 1.66. The number of fused-ring (bicyclic) bond motifs is 1. The summed E-state index contributed by atoms with van der Waals surface area (Å²) in [6.07, 6.45) is 1.68. The van der Waals surface area contributed by atoms with Crippen LogP contribution >= 0.6 is 0 Å². The largest absolute Gasteiger partial charge is 0.397 e. The van der Waals surface area contributed by atoms with E-state index in [0.29, 0.717) is 5.69 Å². The topological polar surface area (TPSA) is 67.6 Å². The molecule has 11 heavy (non-hydrogen) atoms. The van der Waals surface area contributed by atoms with Gasteiger partial charge in [0.05, 0.1) is 11.4 Å². The minimum Gasteiger partial charge on any atom is -0.397 e. The standard InChI is InChI=1S/C7H8N4/c1-4-6-7(11-10-4)5(8)2-3-9-6/h2-3H,1H3,(H2,8,9)(H,10,11). The zero-order valence-electron chi connectivity index (χ0n) is 6.13. The lowest BCUT2D eigenvalue weighted by molar-refractivity contribution is 1.07. The summed E-state index contributed by atoms with van der Waals surface area (Å²) < 4.78 is 0. The monoisotopic (exact) mass is 148 g/mol. The smallest absolute Gasteiger partial charge is 0.113 e. The fraction of sp³-hybridized carbons (Fsp3) is 0.143. The third-order valence-electron chi connectivity index (χ3n) is 1.66. The van der Waals surface area contributed by atoms with Crippen molar-refractivity contribution in [2.75, 3.05) is 5.73 Å². The van der Waals surface area contributed by atoms with Gasteiger partial charge in [0.2, 0.25) is 0 Å². The van der Waals surface area contributed by atoms with Crippen LogP contribution in [0.5, 0.6) is 0 Å². The fourth-order valence-electron chi connectivity index (χ4n) is 1.06. The number of nitrogens with two attached hydrogens (primary N) is 1. The number of pyridine rings is 1. The number of hydrogen-bond acceptors (Lipinski definition) is 3. The quantitative estimate of drug-likeness (QED) is 0.582. The summed E-state index contributed by atoms with van der Waals surface area (Å²) in [5.74, 6) is 0. The van der Waals surface area contributed by atoms with Crippen LogP contribution in [0.1, 0.15) is 5.69 Å². The predicted molar refractivity (Wildman–Crippen MR) is 43.0 cm³/mol. The van der Waals surface area contributed by atoms with E-state index in [4.69, 9.17) is 5.73 Å². The van der Waals surface area contributed by atoms with Gasteiger partial charge in [-0.25, -0.2) is 0 Å². The highest BCUT2D eigenvalue weighted by molar-refractivity contribution is 5.87. The fourth-order valence-corrected chi connectivity index (χ4v) is 1.06. The summed E-state index contributed by atoms with van der Waals surface area (Å²) in [7, 11) is 0. The average Bonchev–Trinajstić information content (AvgIpc) is 2.35. The van der Waals surface area contributed by atoms with Crippen molar-refractivity contribution in [2.24, 2.45) is 0 Å². The second-order valence-corrected chi connectivity index (χ2v) is 2.43. The molecule has 0 saturated carbocycles. The molecule has 0 bridgehead atoms. The lowest BCUT2D eigenvalue weighted by Gasteiger charge is -1.91. The minimum absolute atomic E-state index is 0.690. The Morgan fingerprint density at radius 3 is 3.09 bits per heavy atom. The summed E-state index contributed by atoms with van der Waals surface area (Å²) in [5, 5.41) is 6.81. The Kier molecular flexibility index (Phi) is 1.09. The Morgan fingerprint density at radius 2 is 2.36 bits per heavy atom. The second kappa shape index (κ2) is 1.95. The Hall–Kier alpha value is -1.58. The molecule has 3 N–H and O–H groups in total. The first-order chi connectivity index (χ1) is 5.29. The highest BCUT2D eigenvalue weighted by Gasteiger charge is 2.03. The van der Waals surface area contributed by atoms with Gasteiger partial charge in [0.1, 0.15) is 11.0 Å². The van der Waals surface area contributed by atoms with Crippen LogP contribution in [0.15, 0.2) is 12.3 Å². The normalized spacial score (nSPS) is 10.6. The van der Waals surface area contributed by atoms with Crippen molar-refractivity contribution in [3.8, 4) is 0 Å². The van der Waals surface area contributed by atoms with Crippen LogP contribution < -0.4 is 5.73 Å². The van der Waals surface area contributed by atoms with Crippen LogP contribution in [0.4, 0.5) is 5.69 Å². The van der Waals surface area contributed by atoms with Crippen LogP contribution in [0.3, 0.4) is 0 Å². The molecule has 0 aliphatic heterocycles. The van der Waals surface area contributed by atoms with Crippen molar-refractivity contribution in [2.45, 2.75) is 6.92 Å². The Labute approximate surface area is 63.4 Å². The summed E-state index contributed by atoms with van der Waals surface area (Å²) in [6, 6.07) is 1.75. The minimum atomic E-state index is 0.690. The summed E-state index contributed by atoms with van der Waals surface area (Å²) in [4.78, 5) is 4.13. The van der Waals surface area contributed by atoms with E-state index in [1.54, 1.807) is 12.3 Å². The summed E-state index contributed by atoms with van der Waals surface area (Å²) in [5.41, 5.74) is 8.91. The number of aromatic amines is 1. The molecule has 4 heteroatoms.